The van der Waals surface area contributed by atoms with Crippen LogP contribution >= 0.6 is 11.6 Å². The zero-order chi connectivity index (χ0) is 23.1. The number of rotatable bonds is 7. The molecule has 0 spiro atoms. The lowest BCUT2D eigenvalue weighted by Crippen LogP contribution is -2.47. The van der Waals surface area contributed by atoms with E-state index in [1.807, 2.05) is 4.90 Å². The zero-order valence-corrected chi connectivity index (χ0v) is 19.5. The van der Waals surface area contributed by atoms with Gasteiger partial charge in [0.25, 0.3) is 5.91 Å². The van der Waals surface area contributed by atoms with Crippen molar-refractivity contribution in [3.05, 3.63) is 22.7 Å². The number of terminal acetylenes is 1. The van der Waals surface area contributed by atoms with Gasteiger partial charge >= 0.3 is 0 Å². The molecule has 3 rings (SSSR count). The van der Waals surface area contributed by atoms with Crippen molar-refractivity contribution in [2.24, 2.45) is 5.92 Å². The van der Waals surface area contributed by atoms with Crippen molar-refractivity contribution in [3.63, 3.8) is 0 Å². The Kier molecular flexibility index (Phi) is 8.66. The van der Waals surface area contributed by atoms with Crippen molar-refractivity contribution in [1.82, 2.24) is 15.1 Å². The summed E-state index contributed by atoms with van der Waals surface area (Å²) in [4.78, 5) is 29.3. The Bertz CT molecular complexity index is 854. The molecule has 7 nitrogen and oxygen atoms in total. The summed E-state index contributed by atoms with van der Waals surface area (Å²) < 4.78 is 5.29. The standard InChI is InChI=1S/C24H33ClN4O3/c1-3-4-5-23(30)29-12-6-17(7-13-29)16-28-10-8-18(9-11-28)27-24(31)19-14-20(25)21(26)15-22(19)32-2/h1,14-15,17-18H,4-13,16,26H2,2H3,(H,27,31). The number of methoxy groups -OCH3 is 1. The summed E-state index contributed by atoms with van der Waals surface area (Å²) in [7, 11) is 1.51. The Morgan fingerprint density at radius 2 is 1.91 bits per heavy atom. The number of benzene rings is 1. The molecule has 1 aromatic rings. The normalized spacial score (nSPS) is 18.2. The van der Waals surface area contributed by atoms with E-state index in [4.69, 9.17) is 28.5 Å². The van der Waals surface area contributed by atoms with Crippen LogP contribution in [0, 0.1) is 18.3 Å². The van der Waals surface area contributed by atoms with E-state index in [0.717, 1.165) is 58.4 Å². The van der Waals surface area contributed by atoms with Gasteiger partial charge in [0, 0.05) is 57.7 Å². The van der Waals surface area contributed by atoms with Crippen molar-refractivity contribution in [3.8, 4) is 18.1 Å². The first-order chi connectivity index (χ1) is 15.4. The highest BCUT2D eigenvalue weighted by Gasteiger charge is 2.27. The van der Waals surface area contributed by atoms with E-state index in [9.17, 15) is 9.59 Å². The topological polar surface area (TPSA) is 87.9 Å². The summed E-state index contributed by atoms with van der Waals surface area (Å²) in [6, 6.07) is 3.26. The van der Waals surface area contributed by atoms with Crippen LogP contribution in [-0.4, -0.2) is 67.5 Å². The maximum atomic E-state index is 12.8. The Morgan fingerprint density at radius 3 is 2.53 bits per heavy atom. The number of nitrogens with two attached hydrogens (primary N) is 1. The minimum absolute atomic E-state index is 0.121. The number of nitrogens with zero attached hydrogens (tertiary/aromatic N) is 2. The molecule has 0 radical (unpaired) electrons. The number of ether oxygens (including phenoxy) is 1. The number of piperidine rings is 2. The molecule has 8 heteroatoms. The summed E-state index contributed by atoms with van der Waals surface area (Å²) in [5.41, 5.74) is 6.59. The Labute approximate surface area is 195 Å². The second-order valence-electron chi connectivity index (χ2n) is 8.65. The average molecular weight is 461 g/mol. The summed E-state index contributed by atoms with van der Waals surface area (Å²) in [5.74, 6) is 3.56. The maximum absolute atomic E-state index is 12.8. The fraction of sp³-hybridized carbons (Fsp3) is 0.583. The molecule has 0 bridgehead atoms. The lowest BCUT2D eigenvalue weighted by Gasteiger charge is -2.38. The molecule has 2 heterocycles. The van der Waals surface area contributed by atoms with Gasteiger partial charge in [0.15, 0.2) is 0 Å². The van der Waals surface area contributed by atoms with Crippen LogP contribution in [0.1, 0.15) is 48.9 Å². The molecular weight excluding hydrogens is 428 g/mol. The zero-order valence-electron chi connectivity index (χ0n) is 18.7. The molecule has 0 aromatic heterocycles. The van der Waals surface area contributed by atoms with Gasteiger partial charge in [0.05, 0.1) is 23.4 Å². The Balaban J connectivity index is 1.41. The van der Waals surface area contributed by atoms with Crippen LogP contribution in [0.3, 0.4) is 0 Å². The number of nitrogens with one attached hydrogen (secondary N) is 1. The van der Waals surface area contributed by atoms with Crippen LogP contribution in [0.25, 0.3) is 0 Å². The number of likely N-dealkylation sites (tertiary alicyclic amines) is 2. The molecule has 0 saturated carbocycles. The Morgan fingerprint density at radius 1 is 1.22 bits per heavy atom. The minimum Gasteiger partial charge on any atom is -0.496 e. The molecule has 2 fully saturated rings. The first-order valence-corrected chi connectivity index (χ1v) is 11.7. The number of carbonyl (C=O) groups excluding carboxylic acids is 2. The van der Waals surface area contributed by atoms with Crippen molar-refractivity contribution in [2.75, 3.05) is 45.6 Å². The molecule has 174 valence electrons. The number of amides is 2. The van der Waals surface area contributed by atoms with Gasteiger partial charge in [0.2, 0.25) is 5.91 Å². The SMILES string of the molecule is C#CCCC(=O)N1CCC(CN2CCC(NC(=O)c3cc(Cl)c(N)cc3OC)CC2)CC1. The monoisotopic (exact) mass is 460 g/mol. The molecule has 0 unspecified atom stereocenters. The van der Waals surface area contributed by atoms with Gasteiger partial charge < -0.3 is 25.6 Å². The van der Waals surface area contributed by atoms with Crippen LogP contribution in [0.5, 0.6) is 5.75 Å². The van der Waals surface area contributed by atoms with E-state index in [2.05, 4.69) is 16.1 Å². The fourth-order valence-electron chi connectivity index (χ4n) is 4.51. The number of halogens is 1. The molecule has 2 saturated heterocycles. The van der Waals surface area contributed by atoms with Crippen molar-refractivity contribution >= 4 is 29.1 Å². The number of anilines is 1. The van der Waals surface area contributed by atoms with Crippen LogP contribution in [0.2, 0.25) is 5.02 Å². The van der Waals surface area contributed by atoms with E-state index in [1.54, 1.807) is 12.1 Å². The fourth-order valence-corrected chi connectivity index (χ4v) is 4.67. The number of nitrogen functional groups attached to an aromatic ring is 1. The summed E-state index contributed by atoms with van der Waals surface area (Å²) >= 11 is 6.09. The van der Waals surface area contributed by atoms with Gasteiger partial charge in [-0.15, -0.1) is 12.3 Å². The molecule has 3 N–H and O–H groups in total. The predicted molar refractivity (Wildman–Crippen MR) is 127 cm³/mol. The average Bonchev–Trinajstić information content (AvgIpc) is 2.80. The molecule has 0 aliphatic carbocycles. The molecule has 32 heavy (non-hydrogen) atoms. The highest BCUT2D eigenvalue weighted by atomic mass is 35.5. The summed E-state index contributed by atoms with van der Waals surface area (Å²) in [5, 5.41) is 3.45. The first-order valence-electron chi connectivity index (χ1n) is 11.3. The third kappa shape index (κ3) is 6.30. The van der Waals surface area contributed by atoms with Crippen LogP contribution < -0.4 is 15.8 Å². The van der Waals surface area contributed by atoms with Crippen LogP contribution in [-0.2, 0) is 4.79 Å². The lowest BCUT2D eigenvalue weighted by atomic mass is 9.94. The van der Waals surface area contributed by atoms with Gasteiger partial charge in [-0.3, -0.25) is 9.59 Å². The Hall–Kier alpha value is -2.43. The van der Waals surface area contributed by atoms with Crippen molar-refractivity contribution in [1.29, 1.82) is 0 Å². The van der Waals surface area contributed by atoms with Gasteiger partial charge in [-0.25, -0.2) is 0 Å². The number of hydrogen-bond acceptors (Lipinski definition) is 5. The maximum Gasteiger partial charge on any atom is 0.255 e. The lowest BCUT2D eigenvalue weighted by molar-refractivity contribution is -0.132. The van der Waals surface area contributed by atoms with Crippen LogP contribution in [0.15, 0.2) is 12.1 Å². The minimum atomic E-state index is -0.191. The second kappa shape index (κ2) is 11.4. The van der Waals surface area contributed by atoms with E-state index in [-0.39, 0.29) is 17.9 Å². The summed E-state index contributed by atoms with van der Waals surface area (Å²) in [6.07, 6.45) is 10.1. The molecular formula is C24H33ClN4O3. The van der Waals surface area contributed by atoms with E-state index >= 15 is 0 Å². The van der Waals surface area contributed by atoms with Crippen LogP contribution in [0.4, 0.5) is 5.69 Å². The highest BCUT2D eigenvalue weighted by Crippen LogP contribution is 2.29. The third-order valence-electron chi connectivity index (χ3n) is 6.45. The van der Waals surface area contributed by atoms with E-state index in [0.29, 0.717) is 40.8 Å². The van der Waals surface area contributed by atoms with Gasteiger partial charge in [-0.05, 0) is 37.7 Å². The van der Waals surface area contributed by atoms with Gasteiger partial charge in [0.1, 0.15) is 5.75 Å². The smallest absolute Gasteiger partial charge is 0.255 e. The highest BCUT2D eigenvalue weighted by molar-refractivity contribution is 6.33. The van der Waals surface area contributed by atoms with Crippen molar-refractivity contribution < 1.29 is 14.3 Å². The van der Waals surface area contributed by atoms with E-state index < -0.39 is 0 Å². The van der Waals surface area contributed by atoms with Crippen molar-refractivity contribution in [2.45, 2.75) is 44.6 Å². The van der Waals surface area contributed by atoms with Gasteiger partial charge in [-0.2, -0.15) is 0 Å². The largest absolute Gasteiger partial charge is 0.496 e. The molecule has 2 amide bonds. The van der Waals surface area contributed by atoms with E-state index in [1.165, 1.54) is 7.11 Å². The second-order valence-corrected chi connectivity index (χ2v) is 9.06. The van der Waals surface area contributed by atoms with Gasteiger partial charge in [-0.1, -0.05) is 11.6 Å². The first kappa shape index (κ1) is 24.2. The molecule has 1 aromatic carbocycles. The molecule has 2 aliphatic heterocycles. The third-order valence-corrected chi connectivity index (χ3v) is 6.78. The number of hydrogen-bond donors (Lipinski definition) is 2. The molecule has 2 aliphatic rings. The number of carbonyl (C=O) groups is 2. The quantitative estimate of drug-likeness (QED) is 0.482. The summed E-state index contributed by atoms with van der Waals surface area (Å²) in [6.45, 7) is 4.60. The predicted octanol–water partition coefficient (Wildman–Crippen LogP) is 2.78. The molecule has 0 atom stereocenters.